The van der Waals surface area contributed by atoms with E-state index in [1.165, 1.54) is 5.56 Å². The number of pyridine rings is 1. The molecule has 0 saturated carbocycles. The highest BCUT2D eigenvalue weighted by atomic mass is 32.2. The van der Waals surface area contributed by atoms with Gasteiger partial charge >= 0.3 is 0 Å². The number of anilines is 1. The molecule has 0 aliphatic carbocycles. The fourth-order valence-electron chi connectivity index (χ4n) is 1.81. The Kier molecular flexibility index (Phi) is 3.69. The Labute approximate surface area is 121 Å². The Hall–Kier alpha value is -2.27. The van der Waals surface area contributed by atoms with Gasteiger partial charge in [-0.05, 0) is 29.8 Å². The van der Waals surface area contributed by atoms with Gasteiger partial charge in [0.1, 0.15) is 0 Å². The second kappa shape index (κ2) is 5.79. The summed E-state index contributed by atoms with van der Waals surface area (Å²) in [5.41, 5.74) is 8.69. The molecule has 20 heavy (non-hydrogen) atoms. The van der Waals surface area contributed by atoms with Crippen molar-refractivity contribution in [2.45, 2.75) is 10.8 Å². The lowest BCUT2D eigenvalue weighted by atomic mass is 10.2. The van der Waals surface area contributed by atoms with E-state index in [0.717, 1.165) is 16.5 Å². The number of hydrogen-bond acceptors (Lipinski definition) is 4. The molecule has 0 unspecified atom stereocenters. The van der Waals surface area contributed by atoms with Crippen LogP contribution in [0.15, 0.2) is 66.3 Å². The van der Waals surface area contributed by atoms with Gasteiger partial charge in [-0.15, -0.1) is 11.8 Å². The van der Waals surface area contributed by atoms with E-state index in [2.05, 4.69) is 34.2 Å². The van der Waals surface area contributed by atoms with Crippen molar-refractivity contribution in [3.05, 3.63) is 66.9 Å². The van der Waals surface area contributed by atoms with Gasteiger partial charge in [-0.25, -0.2) is 9.97 Å². The van der Waals surface area contributed by atoms with Crippen LogP contribution in [0.25, 0.3) is 5.69 Å². The summed E-state index contributed by atoms with van der Waals surface area (Å²) in [6, 6.07) is 12.2. The second-order valence-corrected chi connectivity index (χ2v) is 5.35. The van der Waals surface area contributed by atoms with E-state index in [1.54, 1.807) is 30.5 Å². The molecule has 4 nitrogen and oxygen atoms in total. The first-order chi connectivity index (χ1) is 9.81. The number of imidazole rings is 1. The first-order valence-corrected chi connectivity index (χ1v) is 7.21. The summed E-state index contributed by atoms with van der Waals surface area (Å²) in [5, 5.41) is 0.984. The van der Waals surface area contributed by atoms with Gasteiger partial charge in [-0.3, -0.25) is 0 Å². The largest absolute Gasteiger partial charge is 0.397 e. The first kappa shape index (κ1) is 12.7. The van der Waals surface area contributed by atoms with Crippen molar-refractivity contribution in [2.75, 3.05) is 5.73 Å². The fraction of sp³-hybridized carbons (Fsp3) is 0.0667. The number of nitrogens with two attached hydrogens (primary N) is 1. The van der Waals surface area contributed by atoms with Gasteiger partial charge in [-0.1, -0.05) is 12.1 Å². The zero-order chi connectivity index (χ0) is 13.8. The molecular weight excluding hydrogens is 268 g/mol. The lowest BCUT2D eigenvalue weighted by molar-refractivity contribution is 1.05. The van der Waals surface area contributed by atoms with Gasteiger partial charge in [0, 0.05) is 23.8 Å². The van der Waals surface area contributed by atoms with Gasteiger partial charge in [0.05, 0.1) is 23.2 Å². The third kappa shape index (κ3) is 3.00. The van der Waals surface area contributed by atoms with Crippen LogP contribution in [-0.2, 0) is 5.75 Å². The molecule has 0 aliphatic rings. The maximum absolute atomic E-state index is 5.62. The van der Waals surface area contributed by atoms with Crippen molar-refractivity contribution < 1.29 is 0 Å². The third-order valence-corrected chi connectivity index (χ3v) is 3.90. The lowest BCUT2D eigenvalue weighted by Gasteiger charge is -2.05. The van der Waals surface area contributed by atoms with Crippen molar-refractivity contribution in [3.63, 3.8) is 0 Å². The monoisotopic (exact) mass is 282 g/mol. The normalized spacial score (nSPS) is 10.6. The molecule has 0 bridgehead atoms. The van der Waals surface area contributed by atoms with Crippen molar-refractivity contribution in [1.82, 2.24) is 14.5 Å². The zero-order valence-corrected chi connectivity index (χ0v) is 11.6. The molecule has 0 spiro atoms. The smallest absolute Gasteiger partial charge is 0.0991 e. The van der Waals surface area contributed by atoms with Crippen LogP contribution in [0.2, 0.25) is 0 Å². The zero-order valence-electron chi connectivity index (χ0n) is 10.8. The molecule has 2 N–H and O–H groups in total. The van der Waals surface area contributed by atoms with Crippen LogP contribution >= 0.6 is 11.8 Å². The van der Waals surface area contributed by atoms with Crippen LogP contribution in [0.4, 0.5) is 5.69 Å². The van der Waals surface area contributed by atoms with E-state index < -0.39 is 0 Å². The summed E-state index contributed by atoms with van der Waals surface area (Å²) in [5.74, 6) is 0.890. The fourth-order valence-corrected chi connectivity index (χ4v) is 2.61. The highest BCUT2D eigenvalue weighted by Gasteiger charge is 1.99. The lowest BCUT2D eigenvalue weighted by Crippen LogP contribution is -1.90. The van der Waals surface area contributed by atoms with Gasteiger partial charge in [0.25, 0.3) is 0 Å². The summed E-state index contributed by atoms with van der Waals surface area (Å²) in [7, 11) is 0. The predicted octanol–water partition coefficient (Wildman–Crippen LogP) is 3.14. The highest BCUT2D eigenvalue weighted by Crippen LogP contribution is 2.22. The third-order valence-electron chi connectivity index (χ3n) is 2.88. The SMILES string of the molecule is Nc1ccc(SCc2ccc(-n3ccnc3)cc2)nc1. The quantitative estimate of drug-likeness (QED) is 0.747. The van der Waals surface area contributed by atoms with Gasteiger partial charge in [0.15, 0.2) is 0 Å². The molecule has 0 aliphatic heterocycles. The van der Waals surface area contributed by atoms with Crippen LogP contribution in [0.5, 0.6) is 0 Å². The maximum atomic E-state index is 5.62. The molecule has 3 aromatic rings. The second-order valence-electron chi connectivity index (χ2n) is 4.35. The van der Waals surface area contributed by atoms with E-state index in [4.69, 9.17) is 5.73 Å². The number of nitrogen functional groups attached to an aromatic ring is 1. The number of thioether (sulfide) groups is 1. The molecule has 0 amide bonds. The molecule has 100 valence electrons. The molecule has 0 fully saturated rings. The van der Waals surface area contributed by atoms with Crippen molar-refractivity contribution in [1.29, 1.82) is 0 Å². The maximum Gasteiger partial charge on any atom is 0.0991 e. The molecule has 0 saturated heterocycles. The molecular formula is C15H14N4S. The van der Waals surface area contributed by atoms with Crippen molar-refractivity contribution in [2.24, 2.45) is 0 Å². The minimum absolute atomic E-state index is 0.694. The van der Waals surface area contributed by atoms with Gasteiger partial charge in [0.2, 0.25) is 0 Å². The minimum atomic E-state index is 0.694. The average Bonchev–Trinajstić information content (AvgIpc) is 3.01. The molecule has 2 aromatic heterocycles. The Morgan fingerprint density at radius 2 is 1.95 bits per heavy atom. The minimum Gasteiger partial charge on any atom is -0.397 e. The Bertz CT molecular complexity index is 660. The summed E-state index contributed by atoms with van der Waals surface area (Å²) in [6.07, 6.45) is 7.19. The van der Waals surface area contributed by atoms with E-state index in [1.807, 2.05) is 22.9 Å². The number of rotatable bonds is 4. The van der Waals surface area contributed by atoms with Crippen molar-refractivity contribution in [3.8, 4) is 5.69 Å². The molecule has 0 atom stereocenters. The van der Waals surface area contributed by atoms with Crippen LogP contribution in [0, 0.1) is 0 Å². The number of benzene rings is 1. The number of aromatic nitrogens is 3. The van der Waals surface area contributed by atoms with E-state index in [9.17, 15) is 0 Å². The topological polar surface area (TPSA) is 56.7 Å². The van der Waals surface area contributed by atoms with Crippen LogP contribution in [0.1, 0.15) is 5.56 Å². The van der Waals surface area contributed by atoms with E-state index in [-0.39, 0.29) is 0 Å². The average molecular weight is 282 g/mol. The van der Waals surface area contributed by atoms with Crippen LogP contribution in [0.3, 0.4) is 0 Å². The molecule has 5 heteroatoms. The van der Waals surface area contributed by atoms with Gasteiger partial charge in [-0.2, -0.15) is 0 Å². The Morgan fingerprint density at radius 1 is 1.10 bits per heavy atom. The summed E-state index contributed by atoms with van der Waals surface area (Å²) >= 11 is 1.70. The highest BCUT2D eigenvalue weighted by molar-refractivity contribution is 7.98. The van der Waals surface area contributed by atoms with E-state index in [0.29, 0.717) is 5.69 Å². The Morgan fingerprint density at radius 3 is 2.60 bits per heavy atom. The van der Waals surface area contributed by atoms with Crippen molar-refractivity contribution >= 4 is 17.4 Å². The van der Waals surface area contributed by atoms with Gasteiger partial charge < -0.3 is 10.3 Å². The summed E-state index contributed by atoms with van der Waals surface area (Å²) < 4.78 is 1.98. The molecule has 3 rings (SSSR count). The number of hydrogen-bond donors (Lipinski definition) is 1. The first-order valence-electron chi connectivity index (χ1n) is 6.23. The van der Waals surface area contributed by atoms with Crippen LogP contribution < -0.4 is 5.73 Å². The Balaban J connectivity index is 1.65. The standard InChI is InChI=1S/C15H14N4S/c16-13-3-6-15(18-9-13)20-10-12-1-4-14(5-2-12)19-8-7-17-11-19/h1-9,11H,10,16H2. The molecule has 2 heterocycles. The summed E-state index contributed by atoms with van der Waals surface area (Å²) in [4.78, 5) is 8.32. The predicted molar refractivity (Wildman–Crippen MR) is 81.8 cm³/mol. The molecule has 0 radical (unpaired) electrons. The van der Waals surface area contributed by atoms with E-state index >= 15 is 0 Å². The summed E-state index contributed by atoms with van der Waals surface area (Å²) in [6.45, 7) is 0. The molecule has 1 aromatic carbocycles. The van der Waals surface area contributed by atoms with Crippen LogP contribution in [-0.4, -0.2) is 14.5 Å². The number of nitrogens with zero attached hydrogens (tertiary/aromatic N) is 3.